The van der Waals surface area contributed by atoms with E-state index in [0.717, 1.165) is 25.7 Å². The van der Waals surface area contributed by atoms with Crippen LogP contribution in [0.25, 0.3) is 0 Å². The maximum absolute atomic E-state index is 11.6. The molecular formula is C13H24N2O2. The second-order valence-electron chi connectivity index (χ2n) is 5.66. The van der Waals surface area contributed by atoms with Crippen LogP contribution in [0.4, 0.5) is 4.79 Å². The minimum Gasteiger partial charge on any atom is -0.442 e. The number of hydrogen-bond donors (Lipinski definition) is 2. The Morgan fingerprint density at radius 1 is 1.35 bits per heavy atom. The standard InChI is InChI=1S/C13H24N2O2/c1-13(2,3)15-12(16)17-11-7-5-4-6-10(14)8-9-11/h5,7,10-11H,4,6,8-9,14H2,1-3H3,(H,15,16)/b7-5+. The van der Waals surface area contributed by atoms with Crippen LogP contribution < -0.4 is 11.1 Å². The zero-order chi connectivity index (χ0) is 12.9. The van der Waals surface area contributed by atoms with Crippen LogP contribution >= 0.6 is 0 Å². The maximum Gasteiger partial charge on any atom is 0.408 e. The normalized spacial score (nSPS) is 27.8. The molecule has 0 fully saturated rings. The van der Waals surface area contributed by atoms with Crippen LogP contribution in [0.1, 0.15) is 46.5 Å². The number of amides is 1. The van der Waals surface area contributed by atoms with Gasteiger partial charge in [0.1, 0.15) is 6.10 Å². The van der Waals surface area contributed by atoms with E-state index in [4.69, 9.17) is 10.5 Å². The van der Waals surface area contributed by atoms with E-state index in [-0.39, 0.29) is 23.8 Å². The van der Waals surface area contributed by atoms with Crippen LogP contribution in [-0.4, -0.2) is 23.8 Å². The van der Waals surface area contributed by atoms with Gasteiger partial charge in [-0.3, -0.25) is 0 Å². The molecule has 98 valence electrons. The van der Waals surface area contributed by atoms with Gasteiger partial charge in [-0.1, -0.05) is 6.08 Å². The van der Waals surface area contributed by atoms with Crippen molar-refractivity contribution in [2.75, 3.05) is 0 Å². The molecule has 1 aliphatic carbocycles. The molecule has 0 aliphatic heterocycles. The van der Waals surface area contributed by atoms with Crippen molar-refractivity contribution >= 4 is 6.09 Å². The highest BCUT2D eigenvalue weighted by Crippen LogP contribution is 2.14. The number of nitrogens with two attached hydrogens (primary N) is 1. The Hall–Kier alpha value is -1.03. The van der Waals surface area contributed by atoms with Crippen LogP contribution in [-0.2, 0) is 4.74 Å². The lowest BCUT2D eigenvalue weighted by Gasteiger charge is -2.24. The molecule has 2 atom stereocenters. The maximum atomic E-state index is 11.6. The van der Waals surface area contributed by atoms with Gasteiger partial charge in [0.05, 0.1) is 0 Å². The van der Waals surface area contributed by atoms with Crippen molar-refractivity contribution in [1.29, 1.82) is 0 Å². The Morgan fingerprint density at radius 3 is 2.71 bits per heavy atom. The highest BCUT2D eigenvalue weighted by atomic mass is 16.6. The summed E-state index contributed by atoms with van der Waals surface area (Å²) in [6, 6.07) is 0.219. The SMILES string of the molecule is CC(C)(C)NC(=O)OC1/C=C/CCC(N)CC1. The van der Waals surface area contributed by atoms with Gasteiger partial charge in [-0.15, -0.1) is 0 Å². The molecule has 0 bridgehead atoms. The predicted octanol–water partition coefficient (Wildman–Crippen LogP) is 2.34. The van der Waals surface area contributed by atoms with Crippen molar-refractivity contribution in [1.82, 2.24) is 5.32 Å². The number of allylic oxidation sites excluding steroid dienone is 1. The number of rotatable bonds is 1. The second kappa shape index (κ2) is 6.05. The molecule has 1 aliphatic rings. The molecule has 0 spiro atoms. The summed E-state index contributed by atoms with van der Waals surface area (Å²) in [7, 11) is 0. The summed E-state index contributed by atoms with van der Waals surface area (Å²) in [5, 5.41) is 2.79. The van der Waals surface area contributed by atoms with Crippen molar-refractivity contribution in [2.45, 2.75) is 64.1 Å². The Kier molecular flexibility index (Phi) is 5.00. The van der Waals surface area contributed by atoms with Crippen LogP contribution in [0.5, 0.6) is 0 Å². The molecule has 0 aromatic heterocycles. The van der Waals surface area contributed by atoms with E-state index in [1.54, 1.807) is 0 Å². The summed E-state index contributed by atoms with van der Waals surface area (Å²) in [4.78, 5) is 11.6. The predicted molar refractivity (Wildman–Crippen MR) is 68.7 cm³/mol. The quantitative estimate of drug-likeness (QED) is 0.691. The van der Waals surface area contributed by atoms with Crippen molar-refractivity contribution < 1.29 is 9.53 Å². The molecule has 0 heterocycles. The molecule has 4 nitrogen and oxygen atoms in total. The van der Waals surface area contributed by atoms with E-state index in [9.17, 15) is 4.79 Å². The third kappa shape index (κ3) is 6.31. The van der Waals surface area contributed by atoms with Gasteiger partial charge < -0.3 is 15.8 Å². The zero-order valence-corrected chi connectivity index (χ0v) is 11.0. The smallest absolute Gasteiger partial charge is 0.408 e. The van der Waals surface area contributed by atoms with E-state index in [2.05, 4.69) is 5.32 Å². The lowest BCUT2D eigenvalue weighted by Crippen LogP contribution is -2.42. The third-order valence-corrected chi connectivity index (χ3v) is 2.61. The average Bonchev–Trinajstić information content (AvgIpc) is 2.14. The molecule has 0 saturated carbocycles. The lowest BCUT2D eigenvalue weighted by atomic mass is 10.0. The number of nitrogens with one attached hydrogen (secondary N) is 1. The lowest BCUT2D eigenvalue weighted by molar-refractivity contribution is 0.105. The van der Waals surface area contributed by atoms with Crippen LogP contribution in [0, 0.1) is 0 Å². The van der Waals surface area contributed by atoms with Gasteiger partial charge in [0.25, 0.3) is 0 Å². The van der Waals surface area contributed by atoms with Crippen molar-refractivity contribution in [2.24, 2.45) is 5.73 Å². The summed E-state index contributed by atoms with van der Waals surface area (Å²) in [6.45, 7) is 5.79. The first kappa shape index (κ1) is 14.0. The number of hydrogen-bond acceptors (Lipinski definition) is 3. The summed E-state index contributed by atoms with van der Waals surface area (Å²) in [6.07, 6.45) is 7.18. The van der Waals surface area contributed by atoms with Crippen LogP contribution in [0.2, 0.25) is 0 Å². The van der Waals surface area contributed by atoms with Crippen molar-refractivity contribution in [3.05, 3.63) is 12.2 Å². The van der Waals surface area contributed by atoms with Gasteiger partial charge in [-0.2, -0.15) is 0 Å². The minimum atomic E-state index is -0.360. The Labute approximate surface area is 104 Å². The molecule has 0 radical (unpaired) electrons. The molecule has 0 saturated heterocycles. The van der Waals surface area contributed by atoms with E-state index in [1.807, 2.05) is 32.9 Å². The summed E-state index contributed by atoms with van der Waals surface area (Å²) in [5.41, 5.74) is 5.64. The van der Waals surface area contributed by atoms with E-state index < -0.39 is 0 Å². The molecule has 17 heavy (non-hydrogen) atoms. The van der Waals surface area contributed by atoms with Gasteiger partial charge in [-0.05, 0) is 52.5 Å². The molecular weight excluding hydrogens is 216 g/mol. The molecule has 4 heteroatoms. The fourth-order valence-electron chi connectivity index (χ4n) is 1.75. The molecule has 2 unspecified atom stereocenters. The number of carbonyl (C=O) groups excluding carboxylic acids is 1. The van der Waals surface area contributed by atoms with Crippen molar-refractivity contribution in [3.63, 3.8) is 0 Å². The largest absolute Gasteiger partial charge is 0.442 e. The average molecular weight is 240 g/mol. The molecule has 0 aromatic rings. The molecule has 1 rings (SSSR count). The number of alkyl carbamates (subject to hydrolysis) is 1. The second-order valence-corrected chi connectivity index (χ2v) is 5.66. The first-order valence-electron chi connectivity index (χ1n) is 6.28. The molecule has 1 amide bonds. The fourth-order valence-corrected chi connectivity index (χ4v) is 1.75. The van der Waals surface area contributed by atoms with Gasteiger partial charge in [-0.25, -0.2) is 4.79 Å². The van der Waals surface area contributed by atoms with E-state index in [0.29, 0.717) is 0 Å². The summed E-state index contributed by atoms with van der Waals surface area (Å²) in [5.74, 6) is 0. The van der Waals surface area contributed by atoms with Gasteiger partial charge in [0.2, 0.25) is 0 Å². The highest BCUT2D eigenvalue weighted by molar-refractivity contribution is 5.68. The number of ether oxygens (including phenoxy) is 1. The Morgan fingerprint density at radius 2 is 2.06 bits per heavy atom. The Bertz CT molecular complexity index is 282. The Balaban J connectivity index is 2.44. The zero-order valence-electron chi connectivity index (χ0n) is 11.0. The monoisotopic (exact) mass is 240 g/mol. The number of carbonyl (C=O) groups is 1. The first-order chi connectivity index (χ1) is 7.87. The fraction of sp³-hybridized carbons (Fsp3) is 0.769. The minimum absolute atomic E-state index is 0.149. The highest BCUT2D eigenvalue weighted by Gasteiger charge is 2.19. The van der Waals surface area contributed by atoms with E-state index in [1.165, 1.54) is 0 Å². The van der Waals surface area contributed by atoms with Gasteiger partial charge in [0, 0.05) is 11.6 Å². The van der Waals surface area contributed by atoms with Gasteiger partial charge >= 0.3 is 6.09 Å². The topological polar surface area (TPSA) is 64.3 Å². The van der Waals surface area contributed by atoms with Gasteiger partial charge in [0.15, 0.2) is 0 Å². The summed E-state index contributed by atoms with van der Waals surface area (Å²) >= 11 is 0. The molecule has 0 aromatic carbocycles. The van der Waals surface area contributed by atoms with E-state index >= 15 is 0 Å². The van der Waals surface area contributed by atoms with Crippen LogP contribution in [0.3, 0.4) is 0 Å². The first-order valence-corrected chi connectivity index (χ1v) is 6.28. The summed E-state index contributed by atoms with van der Waals surface area (Å²) < 4.78 is 5.36. The van der Waals surface area contributed by atoms with Crippen molar-refractivity contribution in [3.8, 4) is 0 Å². The van der Waals surface area contributed by atoms with Crippen LogP contribution in [0.15, 0.2) is 12.2 Å². The third-order valence-electron chi connectivity index (χ3n) is 2.61. The molecule has 3 N–H and O–H groups in total.